The number of nitrogens with one attached hydrogen (secondary N) is 2. The molecule has 33 heavy (non-hydrogen) atoms. The second-order valence-corrected chi connectivity index (χ2v) is 9.15. The van der Waals surface area contributed by atoms with Crippen LogP contribution in [0.4, 0.5) is 0 Å². The van der Waals surface area contributed by atoms with Gasteiger partial charge in [-0.2, -0.15) is 0 Å². The van der Waals surface area contributed by atoms with E-state index in [1.807, 2.05) is 68.1 Å². The molecule has 1 aliphatic heterocycles. The molecule has 1 aliphatic rings. The van der Waals surface area contributed by atoms with E-state index in [0.717, 1.165) is 48.4 Å². The molecule has 3 rings (SSSR count). The van der Waals surface area contributed by atoms with Crippen LogP contribution in [0.3, 0.4) is 0 Å². The monoisotopic (exact) mass is 564 g/mol. The van der Waals surface area contributed by atoms with Crippen molar-refractivity contribution in [3.63, 3.8) is 0 Å². The quantitative estimate of drug-likeness (QED) is 0.296. The van der Waals surface area contributed by atoms with Crippen LogP contribution in [0, 0.1) is 0 Å². The number of nitrogens with zero attached hydrogens (tertiary/aromatic N) is 2. The molecule has 0 aliphatic carbocycles. The second-order valence-electron chi connectivity index (χ2n) is 9.15. The molecule has 0 aromatic heterocycles. The van der Waals surface area contributed by atoms with Gasteiger partial charge in [0.1, 0.15) is 11.4 Å². The number of halogens is 1. The average Bonchev–Trinajstić information content (AvgIpc) is 2.79. The smallest absolute Gasteiger partial charge is 0.253 e. The molecule has 7 heteroatoms. The van der Waals surface area contributed by atoms with E-state index in [4.69, 9.17) is 4.74 Å². The number of guanidine groups is 1. The lowest BCUT2D eigenvalue weighted by atomic mass is 10.1. The summed E-state index contributed by atoms with van der Waals surface area (Å²) in [5, 5.41) is 6.69. The van der Waals surface area contributed by atoms with E-state index in [9.17, 15) is 4.79 Å². The summed E-state index contributed by atoms with van der Waals surface area (Å²) < 4.78 is 6.07. The van der Waals surface area contributed by atoms with Gasteiger partial charge >= 0.3 is 0 Å². The summed E-state index contributed by atoms with van der Waals surface area (Å²) >= 11 is 0. The fourth-order valence-corrected chi connectivity index (χ4v) is 3.71. The van der Waals surface area contributed by atoms with Gasteiger partial charge in [0.2, 0.25) is 0 Å². The molecule has 1 fully saturated rings. The Kier molecular flexibility index (Phi) is 10.5. The van der Waals surface area contributed by atoms with E-state index >= 15 is 0 Å². The number of likely N-dealkylation sites (tertiary alicyclic amines) is 1. The third-order valence-electron chi connectivity index (χ3n) is 5.36. The molecule has 6 nitrogen and oxygen atoms in total. The second kappa shape index (κ2) is 12.8. The molecule has 2 N–H and O–H groups in total. The molecule has 0 saturated carbocycles. The van der Waals surface area contributed by atoms with Crippen molar-refractivity contribution in [1.82, 2.24) is 15.5 Å². The minimum absolute atomic E-state index is 0. The first-order valence-corrected chi connectivity index (χ1v) is 11.5. The van der Waals surface area contributed by atoms with Crippen molar-refractivity contribution in [1.29, 1.82) is 0 Å². The SMILES string of the molecule is CN=C(NCc1ccc(C(=O)N2CCCCC2)cc1)NCc1ccccc1OC(C)(C)C.I. The van der Waals surface area contributed by atoms with Gasteiger partial charge in [0, 0.05) is 44.4 Å². The third-order valence-corrected chi connectivity index (χ3v) is 5.36. The zero-order valence-corrected chi connectivity index (χ0v) is 22.5. The highest BCUT2D eigenvalue weighted by atomic mass is 127. The first-order chi connectivity index (χ1) is 15.4. The van der Waals surface area contributed by atoms with E-state index in [1.165, 1.54) is 6.42 Å². The Morgan fingerprint density at radius 3 is 2.24 bits per heavy atom. The van der Waals surface area contributed by atoms with Crippen LogP contribution in [0.25, 0.3) is 0 Å². The summed E-state index contributed by atoms with van der Waals surface area (Å²) in [7, 11) is 1.76. The molecule has 0 spiro atoms. The van der Waals surface area contributed by atoms with Gasteiger partial charge in [0.25, 0.3) is 5.91 Å². The Bertz CT molecular complexity index is 917. The van der Waals surface area contributed by atoms with Gasteiger partial charge in [-0.15, -0.1) is 24.0 Å². The number of aliphatic imine (C=N–C) groups is 1. The van der Waals surface area contributed by atoms with Gasteiger partial charge in [-0.3, -0.25) is 9.79 Å². The summed E-state index contributed by atoms with van der Waals surface area (Å²) in [6.07, 6.45) is 3.43. The van der Waals surface area contributed by atoms with Crippen LogP contribution in [0.1, 0.15) is 61.5 Å². The van der Waals surface area contributed by atoms with Crippen molar-refractivity contribution >= 4 is 35.8 Å². The summed E-state index contributed by atoms with van der Waals surface area (Å²) in [5.41, 5.74) is 2.68. The number of carbonyl (C=O) groups excluding carboxylic acids is 1. The fourth-order valence-electron chi connectivity index (χ4n) is 3.71. The third kappa shape index (κ3) is 8.53. The van der Waals surface area contributed by atoms with Crippen LogP contribution in [0.15, 0.2) is 53.5 Å². The van der Waals surface area contributed by atoms with Crippen molar-refractivity contribution in [3.05, 3.63) is 65.2 Å². The van der Waals surface area contributed by atoms with E-state index in [2.05, 4.69) is 21.7 Å². The molecule has 1 heterocycles. The molecular formula is C26H37IN4O2. The minimum Gasteiger partial charge on any atom is -0.488 e. The first-order valence-electron chi connectivity index (χ1n) is 11.5. The normalized spacial score (nSPS) is 14.3. The standard InChI is InChI=1S/C26H36N4O2.HI/c1-26(2,3)32-23-11-7-6-10-22(23)19-29-25(27-4)28-18-20-12-14-21(15-13-20)24(31)30-16-8-5-9-17-30;/h6-7,10-15H,5,8-9,16-19H2,1-4H3,(H2,27,28,29);1H. The molecule has 0 radical (unpaired) electrons. The van der Waals surface area contributed by atoms with Crippen LogP contribution in [-0.4, -0.2) is 42.5 Å². The van der Waals surface area contributed by atoms with Crippen molar-refractivity contribution in [2.45, 2.75) is 58.7 Å². The van der Waals surface area contributed by atoms with Crippen LogP contribution >= 0.6 is 24.0 Å². The molecule has 180 valence electrons. The van der Waals surface area contributed by atoms with Crippen LogP contribution in [0.2, 0.25) is 0 Å². The van der Waals surface area contributed by atoms with Crippen molar-refractivity contribution in [2.24, 2.45) is 4.99 Å². The molecule has 0 bridgehead atoms. The molecule has 2 aromatic rings. The average molecular weight is 565 g/mol. The Balaban J connectivity index is 0.00000385. The highest BCUT2D eigenvalue weighted by molar-refractivity contribution is 14.0. The number of piperidine rings is 1. The van der Waals surface area contributed by atoms with Gasteiger partial charge in [0.15, 0.2) is 5.96 Å². The highest BCUT2D eigenvalue weighted by Crippen LogP contribution is 2.22. The molecular weight excluding hydrogens is 527 g/mol. The first kappa shape index (κ1) is 27.0. The topological polar surface area (TPSA) is 66.0 Å². The van der Waals surface area contributed by atoms with E-state index < -0.39 is 0 Å². The highest BCUT2D eigenvalue weighted by Gasteiger charge is 2.18. The lowest BCUT2D eigenvalue weighted by Crippen LogP contribution is -2.36. The maximum Gasteiger partial charge on any atom is 0.253 e. The van der Waals surface area contributed by atoms with Gasteiger partial charge < -0.3 is 20.3 Å². The maximum atomic E-state index is 12.6. The van der Waals surface area contributed by atoms with Gasteiger partial charge in [-0.1, -0.05) is 30.3 Å². The molecule has 1 saturated heterocycles. The molecule has 0 unspecified atom stereocenters. The number of hydrogen-bond donors (Lipinski definition) is 2. The summed E-state index contributed by atoms with van der Waals surface area (Å²) in [5.74, 6) is 1.72. The molecule has 1 amide bonds. The number of benzene rings is 2. The van der Waals surface area contributed by atoms with Crippen LogP contribution in [0.5, 0.6) is 5.75 Å². The predicted molar refractivity (Wildman–Crippen MR) is 145 cm³/mol. The Morgan fingerprint density at radius 2 is 1.61 bits per heavy atom. The van der Waals surface area contributed by atoms with Crippen LogP contribution < -0.4 is 15.4 Å². The number of rotatable bonds is 6. The summed E-state index contributed by atoms with van der Waals surface area (Å²) in [4.78, 5) is 18.9. The number of amides is 1. The predicted octanol–water partition coefficient (Wildman–Crippen LogP) is 4.97. The van der Waals surface area contributed by atoms with Crippen LogP contribution in [-0.2, 0) is 13.1 Å². The molecule has 0 atom stereocenters. The van der Waals surface area contributed by atoms with Crippen molar-refractivity contribution in [2.75, 3.05) is 20.1 Å². The van der Waals surface area contributed by atoms with E-state index in [1.54, 1.807) is 7.05 Å². The Morgan fingerprint density at radius 1 is 0.970 bits per heavy atom. The van der Waals surface area contributed by atoms with Crippen molar-refractivity contribution in [3.8, 4) is 5.75 Å². The number of hydrogen-bond acceptors (Lipinski definition) is 3. The zero-order valence-electron chi connectivity index (χ0n) is 20.2. The number of ether oxygens (including phenoxy) is 1. The lowest BCUT2D eigenvalue weighted by Gasteiger charge is -2.26. The largest absolute Gasteiger partial charge is 0.488 e. The Labute approximate surface area is 215 Å². The summed E-state index contributed by atoms with van der Waals surface area (Å²) in [6.45, 7) is 9.10. The van der Waals surface area contributed by atoms with Gasteiger partial charge in [0.05, 0.1) is 0 Å². The number of para-hydroxylation sites is 1. The lowest BCUT2D eigenvalue weighted by molar-refractivity contribution is 0.0724. The van der Waals surface area contributed by atoms with E-state index in [0.29, 0.717) is 19.0 Å². The minimum atomic E-state index is -0.252. The number of carbonyl (C=O) groups is 1. The zero-order chi connectivity index (χ0) is 23.0. The molecule has 2 aromatic carbocycles. The maximum absolute atomic E-state index is 12.6. The summed E-state index contributed by atoms with van der Waals surface area (Å²) in [6, 6.07) is 15.9. The van der Waals surface area contributed by atoms with Gasteiger partial charge in [-0.25, -0.2) is 0 Å². The fraction of sp³-hybridized carbons (Fsp3) is 0.462. The van der Waals surface area contributed by atoms with Gasteiger partial charge in [-0.05, 0) is 63.8 Å². The van der Waals surface area contributed by atoms with Crippen molar-refractivity contribution < 1.29 is 9.53 Å². The van der Waals surface area contributed by atoms with E-state index in [-0.39, 0.29) is 35.5 Å². The Hall–Kier alpha value is -2.29.